The molecule has 4 nitrogen and oxygen atoms in total. The zero-order valence-electron chi connectivity index (χ0n) is 13.2. The van der Waals surface area contributed by atoms with E-state index < -0.39 is 11.5 Å². The minimum Gasteiger partial charge on any atom is -0.480 e. The number of nitrogens with zero attached hydrogens (tertiary/aromatic N) is 1. The van der Waals surface area contributed by atoms with Gasteiger partial charge in [-0.15, -0.1) is 0 Å². The number of nitrogens with one attached hydrogen (secondary N) is 1. The van der Waals surface area contributed by atoms with Gasteiger partial charge in [0.25, 0.3) is 0 Å². The standard InChI is InChI=1S/C16H30N2O2/c1-12-10-13(12)11-18(3)9-5-4-8-16(2,15(19)20)17-14-6-7-14/h12-14,17H,4-11H2,1-3H3,(H,19,20). The van der Waals surface area contributed by atoms with Crippen molar-refractivity contribution in [2.45, 2.75) is 64.0 Å². The van der Waals surface area contributed by atoms with Gasteiger partial charge in [0.15, 0.2) is 0 Å². The van der Waals surface area contributed by atoms with E-state index in [1.54, 1.807) is 0 Å². The van der Waals surface area contributed by atoms with E-state index in [1.807, 2.05) is 6.92 Å². The molecule has 116 valence electrons. The summed E-state index contributed by atoms with van der Waals surface area (Å²) in [4.78, 5) is 13.8. The van der Waals surface area contributed by atoms with Gasteiger partial charge >= 0.3 is 5.97 Å². The Hall–Kier alpha value is -0.610. The Labute approximate surface area is 122 Å². The number of aliphatic carboxylic acids is 1. The molecule has 2 fully saturated rings. The molecule has 0 aliphatic heterocycles. The Bertz CT molecular complexity index is 343. The van der Waals surface area contributed by atoms with Crippen LogP contribution in [0.15, 0.2) is 0 Å². The minimum atomic E-state index is -0.731. The topological polar surface area (TPSA) is 52.6 Å². The van der Waals surface area contributed by atoms with Crippen LogP contribution >= 0.6 is 0 Å². The van der Waals surface area contributed by atoms with Gasteiger partial charge in [-0.1, -0.05) is 6.92 Å². The van der Waals surface area contributed by atoms with Gasteiger partial charge in [-0.25, -0.2) is 0 Å². The van der Waals surface area contributed by atoms with Crippen LogP contribution in [-0.2, 0) is 4.79 Å². The van der Waals surface area contributed by atoms with Crippen LogP contribution in [0.25, 0.3) is 0 Å². The molecule has 0 aromatic carbocycles. The molecule has 2 aliphatic rings. The van der Waals surface area contributed by atoms with Gasteiger partial charge in [-0.3, -0.25) is 10.1 Å². The lowest BCUT2D eigenvalue weighted by atomic mass is 9.94. The first-order chi connectivity index (χ1) is 9.40. The van der Waals surface area contributed by atoms with E-state index in [-0.39, 0.29) is 0 Å². The van der Waals surface area contributed by atoms with Gasteiger partial charge in [-0.05, 0) is 70.9 Å². The molecule has 2 saturated carbocycles. The minimum absolute atomic E-state index is 0.440. The van der Waals surface area contributed by atoms with Crippen molar-refractivity contribution in [1.29, 1.82) is 0 Å². The summed E-state index contributed by atoms with van der Waals surface area (Å²) >= 11 is 0. The van der Waals surface area contributed by atoms with Crippen LogP contribution in [0.1, 0.15) is 52.4 Å². The number of hydrogen-bond acceptors (Lipinski definition) is 3. The average Bonchev–Trinajstić information content (AvgIpc) is 3.26. The molecule has 0 bridgehead atoms. The molecular formula is C16H30N2O2. The van der Waals surface area contributed by atoms with Gasteiger partial charge in [0, 0.05) is 12.6 Å². The van der Waals surface area contributed by atoms with Gasteiger partial charge in [0.05, 0.1) is 0 Å². The molecule has 0 saturated heterocycles. The molecule has 0 heterocycles. The second kappa shape index (κ2) is 6.44. The average molecular weight is 282 g/mol. The normalized spacial score (nSPS) is 28.4. The second-order valence-corrected chi connectivity index (χ2v) is 7.25. The second-order valence-electron chi connectivity index (χ2n) is 7.25. The van der Waals surface area contributed by atoms with Crippen LogP contribution in [0.3, 0.4) is 0 Å². The number of carboxylic acids is 1. The van der Waals surface area contributed by atoms with E-state index >= 15 is 0 Å². The van der Waals surface area contributed by atoms with Crippen molar-refractivity contribution < 1.29 is 9.90 Å². The molecule has 0 spiro atoms. The van der Waals surface area contributed by atoms with E-state index in [0.29, 0.717) is 6.04 Å². The quantitative estimate of drug-likeness (QED) is 0.604. The molecular weight excluding hydrogens is 252 g/mol. The molecule has 2 N–H and O–H groups in total. The Kier molecular flexibility index (Phi) is 5.08. The summed E-state index contributed by atoms with van der Waals surface area (Å²) < 4.78 is 0. The Balaban J connectivity index is 1.61. The number of carbonyl (C=O) groups is 1. The van der Waals surface area contributed by atoms with Crippen LogP contribution in [0.4, 0.5) is 0 Å². The van der Waals surface area contributed by atoms with Crippen LogP contribution in [0.5, 0.6) is 0 Å². The molecule has 0 amide bonds. The summed E-state index contributed by atoms with van der Waals surface area (Å²) in [5.41, 5.74) is -0.731. The van der Waals surface area contributed by atoms with Crippen LogP contribution in [0.2, 0.25) is 0 Å². The Morgan fingerprint density at radius 2 is 2.05 bits per heavy atom. The lowest BCUT2D eigenvalue weighted by molar-refractivity contribution is -0.144. The van der Waals surface area contributed by atoms with E-state index in [1.165, 1.54) is 13.0 Å². The molecule has 4 heteroatoms. The summed E-state index contributed by atoms with van der Waals surface area (Å²) in [6, 6.07) is 0.440. The fourth-order valence-corrected chi connectivity index (χ4v) is 2.92. The maximum absolute atomic E-state index is 11.4. The first-order valence-electron chi connectivity index (χ1n) is 8.10. The monoisotopic (exact) mass is 282 g/mol. The summed E-state index contributed by atoms with van der Waals surface area (Å²) in [5.74, 6) is 1.11. The molecule has 3 unspecified atom stereocenters. The van der Waals surface area contributed by atoms with E-state index in [2.05, 4.69) is 24.2 Å². The zero-order chi connectivity index (χ0) is 14.8. The molecule has 2 rings (SSSR count). The predicted molar refractivity (Wildman–Crippen MR) is 80.8 cm³/mol. The maximum atomic E-state index is 11.4. The lowest BCUT2D eigenvalue weighted by Crippen LogP contribution is -2.50. The van der Waals surface area contributed by atoms with Gasteiger partial charge in [0.1, 0.15) is 5.54 Å². The van der Waals surface area contributed by atoms with Crippen LogP contribution < -0.4 is 5.32 Å². The van der Waals surface area contributed by atoms with E-state index in [9.17, 15) is 9.90 Å². The molecule has 2 aliphatic carbocycles. The molecule has 3 atom stereocenters. The summed E-state index contributed by atoms with van der Waals surface area (Å²) in [6.07, 6.45) is 6.44. The molecule has 0 aromatic heterocycles. The van der Waals surface area contributed by atoms with Crippen molar-refractivity contribution >= 4 is 5.97 Å². The maximum Gasteiger partial charge on any atom is 0.323 e. The van der Waals surface area contributed by atoms with Crippen molar-refractivity contribution in [3.63, 3.8) is 0 Å². The van der Waals surface area contributed by atoms with Gasteiger partial charge < -0.3 is 10.0 Å². The van der Waals surface area contributed by atoms with Crippen LogP contribution in [-0.4, -0.2) is 47.7 Å². The zero-order valence-corrected chi connectivity index (χ0v) is 13.2. The highest BCUT2D eigenvalue weighted by molar-refractivity contribution is 5.78. The summed E-state index contributed by atoms with van der Waals surface area (Å²) in [5, 5.41) is 12.7. The lowest BCUT2D eigenvalue weighted by Gasteiger charge is -2.27. The number of carboxylic acid groups (broad SMARTS) is 1. The molecule has 0 radical (unpaired) electrons. The number of rotatable bonds is 10. The largest absolute Gasteiger partial charge is 0.480 e. The van der Waals surface area contributed by atoms with E-state index in [4.69, 9.17) is 0 Å². The molecule has 20 heavy (non-hydrogen) atoms. The Morgan fingerprint density at radius 3 is 2.55 bits per heavy atom. The number of hydrogen-bond donors (Lipinski definition) is 2. The fraction of sp³-hybridized carbons (Fsp3) is 0.938. The van der Waals surface area contributed by atoms with Crippen molar-refractivity contribution in [2.75, 3.05) is 20.1 Å². The predicted octanol–water partition coefficient (Wildman–Crippen LogP) is 2.34. The van der Waals surface area contributed by atoms with Crippen molar-refractivity contribution in [3.8, 4) is 0 Å². The van der Waals surface area contributed by atoms with Crippen molar-refractivity contribution in [2.24, 2.45) is 11.8 Å². The summed E-state index contributed by atoms with van der Waals surface area (Å²) in [7, 11) is 2.18. The highest BCUT2D eigenvalue weighted by Crippen LogP contribution is 2.37. The molecule has 0 aromatic rings. The summed E-state index contributed by atoms with van der Waals surface area (Å²) in [6.45, 7) is 6.45. The Morgan fingerprint density at radius 1 is 1.40 bits per heavy atom. The van der Waals surface area contributed by atoms with Gasteiger partial charge in [0.2, 0.25) is 0 Å². The third kappa shape index (κ3) is 4.74. The van der Waals surface area contributed by atoms with E-state index in [0.717, 1.165) is 50.5 Å². The third-order valence-corrected chi connectivity index (χ3v) is 4.86. The third-order valence-electron chi connectivity index (χ3n) is 4.86. The van der Waals surface area contributed by atoms with Crippen molar-refractivity contribution in [3.05, 3.63) is 0 Å². The SMILES string of the molecule is CC1CC1CN(C)CCCCC(C)(NC1CC1)C(=O)O. The smallest absolute Gasteiger partial charge is 0.323 e. The van der Waals surface area contributed by atoms with Gasteiger partial charge in [-0.2, -0.15) is 0 Å². The highest BCUT2D eigenvalue weighted by atomic mass is 16.4. The van der Waals surface area contributed by atoms with Crippen molar-refractivity contribution in [1.82, 2.24) is 10.2 Å². The first kappa shape index (κ1) is 15.8. The fourth-order valence-electron chi connectivity index (χ4n) is 2.92. The number of unbranched alkanes of at least 4 members (excludes halogenated alkanes) is 1. The first-order valence-corrected chi connectivity index (χ1v) is 8.10. The highest BCUT2D eigenvalue weighted by Gasteiger charge is 2.38. The van der Waals surface area contributed by atoms with Crippen LogP contribution in [0, 0.1) is 11.8 Å².